The van der Waals surface area contributed by atoms with Gasteiger partial charge in [-0.15, -0.1) is 0 Å². The lowest BCUT2D eigenvalue weighted by Gasteiger charge is -2.18. The van der Waals surface area contributed by atoms with Gasteiger partial charge in [-0.1, -0.05) is 272 Å². The van der Waals surface area contributed by atoms with E-state index in [9.17, 15) is 14.4 Å². The number of rotatable bonds is 50. The predicted octanol–water partition coefficient (Wildman–Crippen LogP) is 17.8. The highest BCUT2D eigenvalue weighted by molar-refractivity contribution is 5.71. The van der Waals surface area contributed by atoms with Crippen molar-refractivity contribution in [2.45, 2.75) is 316 Å². The van der Waals surface area contributed by atoms with Gasteiger partial charge in [-0.3, -0.25) is 14.4 Å². The zero-order valence-corrected chi connectivity index (χ0v) is 41.6. The number of unbranched alkanes of at least 4 members (excludes halogenated alkanes) is 37. The lowest BCUT2D eigenvalue weighted by Crippen LogP contribution is -2.30. The first-order valence-corrected chi connectivity index (χ1v) is 27.4. The molecule has 0 aromatic carbocycles. The molecule has 0 bridgehead atoms. The fourth-order valence-corrected chi connectivity index (χ4v) is 8.39. The number of ether oxygens (including phenoxy) is 3. The van der Waals surface area contributed by atoms with Crippen LogP contribution in [-0.2, 0) is 28.6 Å². The summed E-state index contributed by atoms with van der Waals surface area (Å²) in [6, 6.07) is 0. The van der Waals surface area contributed by atoms with E-state index in [1.807, 2.05) is 0 Å². The number of carbonyl (C=O) groups is 3. The van der Waals surface area contributed by atoms with Crippen LogP contribution in [0.3, 0.4) is 0 Å². The Hall–Kier alpha value is -1.59. The van der Waals surface area contributed by atoms with Gasteiger partial charge in [-0.05, 0) is 25.2 Å². The van der Waals surface area contributed by atoms with E-state index in [1.54, 1.807) is 0 Å². The molecule has 0 spiro atoms. The van der Waals surface area contributed by atoms with Crippen LogP contribution in [0.4, 0.5) is 0 Å². The third-order valence-corrected chi connectivity index (χ3v) is 12.5. The van der Waals surface area contributed by atoms with Gasteiger partial charge in [0.25, 0.3) is 0 Å². The van der Waals surface area contributed by atoms with Crippen molar-refractivity contribution in [3.8, 4) is 0 Å². The second kappa shape index (κ2) is 49.4. The van der Waals surface area contributed by atoms with Crippen molar-refractivity contribution >= 4 is 17.9 Å². The maximum absolute atomic E-state index is 12.8. The number of hydrogen-bond donors (Lipinski definition) is 0. The van der Waals surface area contributed by atoms with Gasteiger partial charge < -0.3 is 14.2 Å². The third-order valence-electron chi connectivity index (χ3n) is 12.5. The van der Waals surface area contributed by atoms with Gasteiger partial charge >= 0.3 is 17.9 Å². The highest BCUT2D eigenvalue weighted by atomic mass is 16.6. The van der Waals surface area contributed by atoms with Gasteiger partial charge in [0.2, 0.25) is 0 Å². The summed E-state index contributed by atoms with van der Waals surface area (Å²) in [6.07, 6.45) is 52.4. The molecular formula is C55H106O6. The largest absolute Gasteiger partial charge is 0.462 e. The minimum atomic E-state index is -0.760. The minimum absolute atomic E-state index is 0.0623. The summed E-state index contributed by atoms with van der Waals surface area (Å²) in [7, 11) is 0. The molecule has 0 saturated heterocycles. The van der Waals surface area contributed by atoms with Crippen LogP contribution in [0.25, 0.3) is 0 Å². The molecule has 0 radical (unpaired) electrons. The fraction of sp³-hybridized carbons (Fsp3) is 0.945. The smallest absolute Gasteiger partial charge is 0.306 e. The van der Waals surface area contributed by atoms with Gasteiger partial charge in [0.05, 0.1) is 0 Å². The normalized spacial score (nSPS) is 12.0. The van der Waals surface area contributed by atoms with Crippen LogP contribution in [0, 0.1) is 5.92 Å². The van der Waals surface area contributed by atoms with Crippen molar-refractivity contribution in [3.63, 3.8) is 0 Å². The molecule has 0 unspecified atom stereocenters. The zero-order chi connectivity index (χ0) is 44.5. The number of esters is 3. The van der Waals surface area contributed by atoms with E-state index >= 15 is 0 Å². The molecule has 362 valence electrons. The third kappa shape index (κ3) is 49.3. The monoisotopic (exact) mass is 863 g/mol. The molecule has 0 rings (SSSR count). The summed E-state index contributed by atoms with van der Waals surface area (Å²) in [5, 5.41) is 0. The fourth-order valence-electron chi connectivity index (χ4n) is 8.39. The Bertz CT molecular complexity index is 918. The van der Waals surface area contributed by atoms with Crippen LogP contribution >= 0.6 is 0 Å². The first-order valence-electron chi connectivity index (χ1n) is 27.4. The molecule has 0 fully saturated rings. The van der Waals surface area contributed by atoms with Gasteiger partial charge in [-0.25, -0.2) is 0 Å². The van der Waals surface area contributed by atoms with Crippen molar-refractivity contribution in [1.82, 2.24) is 0 Å². The number of carbonyl (C=O) groups excluding carboxylic acids is 3. The Morgan fingerprint density at radius 1 is 0.311 bits per heavy atom. The Morgan fingerprint density at radius 3 is 0.803 bits per heavy atom. The van der Waals surface area contributed by atoms with Gasteiger partial charge in [0.1, 0.15) is 13.2 Å². The molecule has 0 aliphatic rings. The molecule has 0 saturated carbocycles. The van der Waals surface area contributed by atoms with E-state index in [0.29, 0.717) is 19.3 Å². The summed E-state index contributed by atoms with van der Waals surface area (Å²) in [4.78, 5) is 37.9. The van der Waals surface area contributed by atoms with Gasteiger partial charge in [0.15, 0.2) is 6.10 Å². The molecule has 0 aromatic rings. The lowest BCUT2D eigenvalue weighted by atomic mass is 10.0. The van der Waals surface area contributed by atoms with E-state index in [2.05, 4.69) is 27.7 Å². The maximum atomic E-state index is 12.8. The molecule has 0 aliphatic heterocycles. The van der Waals surface area contributed by atoms with Crippen LogP contribution in [0.1, 0.15) is 310 Å². The first-order chi connectivity index (χ1) is 29.9. The van der Waals surface area contributed by atoms with Crippen LogP contribution < -0.4 is 0 Å². The molecule has 0 heterocycles. The molecule has 0 aromatic heterocycles. The van der Waals surface area contributed by atoms with Crippen molar-refractivity contribution in [2.24, 2.45) is 5.92 Å². The summed E-state index contributed by atoms with van der Waals surface area (Å²) in [6.45, 7) is 9.04. The van der Waals surface area contributed by atoms with Crippen LogP contribution in [0.2, 0.25) is 0 Å². The SMILES string of the molecule is CCCCCCCCCCCCCCC(=O)O[C@@H](COC(=O)CCCCCCCCCCCC)COC(=O)CCCCCCCCCCCCCCCCCCCCC(C)C. The van der Waals surface area contributed by atoms with E-state index in [1.165, 1.54) is 205 Å². The van der Waals surface area contributed by atoms with E-state index in [0.717, 1.165) is 63.7 Å². The summed E-state index contributed by atoms with van der Waals surface area (Å²) in [5.74, 6) is 0.0168. The van der Waals surface area contributed by atoms with Crippen LogP contribution in [0.15, 0.2) is 0 Å². The molecule has 0 amide bonds. The highest BCUT2D eigenvalue weighted by Crippen LogP contribution is 2.17. The summed E-state index contributed by atoms with van der Waals surface area (Å²) in [5.41, 5.74) is 0. The Kier molecular flexibility index (Phi) is 48.1. The lowest BCUT2D eigenvalue weighted by molar-refractivity contribution is -0.167. The van der Waals surface area contributed by atoms with Crippen molar-refractivity contribution in [3.05, 3.63) is 0 Å². The van der Waals surface area contributed by atoms with Crippen LogP contribution in [0.5, 0.6) is 0 Å². The number of hydrogen-bond acceptors (Lipinski definition) is 6. The van der Waals surface area contributed by atoms with Gasteiger partial charge in [-0.2, -0.15) is 0 Å². The summed E-state index contributed by atoms with van der Waals surface area (Å²) < 4.78 is 16.8. The Labute approximate surface area is 380 Å². The molecule has 1 atom stereocenters. The van der Waals surface area contributed by atoms with E-state index < -0.39 is 6.10 Å². The quantitative estimate of drug-likeness (QED) is 0.0344. The molecule has 6 nitrogen and oxygen atoms in total. The van der Waals surface area contributed by atoms with Gasteiger partial charge in [0, 0.05) is 19.3 Å². The average Bonchev–Trinajstić information content (AvgIpc) is 3.24. The minimum Gasteiger partial charge on any atom is -0.462 e. The van der Waals surface area contributed by atoms with Crippen molar-refractivity contribution in [1.29, 1.82) is 0 Å². The topological polar surface area (TPSA) is 78.9 Å². The Balaban J connectivity index is 4.18. The van der Waals surface area contributed by atoms with Crippen molar-refractivity contribution in [2.75, 3.05) is 13.2 Å². The molecule has 0 N–H and O–H groups in total. The highest BCUT2D eigenvalue weighted by Gasteiger charge is 2.19. The predicted molar refractivity (Wildman–Crippen MR) is 261 cm³/mol. The average molecular weight is 863 g/mol. The Morgan fingerprint density at radius 2 is 0.541 bits per heavy atom. The molecular weight excluding hydrogens is 757 g/mol. The van der Waals surface area contributed by atoms with E-state index in [-0.39, 0.29) is 31.1 Å². The van der Waals surface area contributed by atoms with Crippen LogP contribution in [-0.4, -0.2) is 37.2 Å². The second-order valence-electron chi connectivity index (χ2n) is 19.3. The van der Waals surface area contributed by atoms with E-state index in [4.69, 9.17) is 14.2 Å². The summed E-state index contributed by atoms with van der Waals surface area (Å²) >= 11 is 0. The van der Waals surface area contributed by atoms with Crippen molar-refractivity contribution < 1.29 is 28.6 Å². The maximum Gasteiger partial charge on any atom is 0.306 e. The first kappa shape index (κ1) is 59.4. The molecule has 0 aliphatic carbocycles. The molecule has 6 heteroatoms. The zero-order valence-electron chi connectivity index (χ0n) is 41.6. The molecule has 61 heavy (non-hydrogen) atoms. The second-order valence-corrected chi connectivity index (χ2v) is 19.3. The standard InChI is InChI=1S/C55H106O6/c1-5-7-9-11-13-15-17-27-32-36-40-44-48-55(58)61-52(49-59-53(56)46-42-38-34-30-16-14-12-10-8-6-2)50-60-54(57)47-43-39-35-31-28-25-23-21-19-18-20-22-24-26-29-33-37-41-45-51(3)4/h51-52H,5-50H2,1-4H3/t52-/m0/s1.